The Balaban J connectivity index is 1.69. The number of likely N-dealkylation sites (tertiary alicyclic amines) is 1. The van der Waals surface area contributed by atoms with Gasteiger partial charge in [-0.1, -0.05) is 6.07 Å². The molecule has 0 saturated carbocycles. The summed E-state index contributed by atoms with van der Waals surface area (Å²) in [6, 6.07) is 7.08. The first-order chi connectivity index (χ1) is 11.6. The first-order valence-electron chi connectivity index (χ1n) is 7.91. The number of carbonyl (C=O) groups is 2. The Bertz CT molecular complexity index is 714. The van der Waals surface area contributed by atoms with Gasteiger partial charge in [-0.3, -0.25) is 9.59 Å². The second-order valence-corrected chi connectivity index (χ2v) is 5.84. The van der Waals surface area contributed by atoms with Crippen LogP contribution in [0.25, 0.3) is 0 Å². The van der Waals surface area contributed by atoms with Gasteiger partial charge >= 0.3 is 0 Å². The highest BCUT2D eigenvalue weighted by Crippen LogP contribution is 2.23. The Morgan fingerprint density at radius 3 is 3.00 bits per heavy atom. The number of ether oxygens (including phenoxy) is 1. The second-order valence-electron chi connectivity index (χ2n) is 5.84. The number of hydrogen-bond acceptors (Lipinski definition) is 4. The minimum Gasteiger partial charge on any atom is -0.484 e. The molecule has 3 rings (SSSR count). The van der Waals surface area contributed by atoms with Gasteiger partial charge in [0.2, 0.25) is 0 Å². The van der Waals surface area contributed by atoms with Gasteiger partial charge in [-0.15, -0.1) is 0 Å². The van der Waals surface area contributed by atoms with Crippen molar-refractivity contribution < 1.29 is 14.3 Å². The van der Waals surface area contributed by atoms with Gasteiger partial charge in [0.25, 0.3) is 11.8 Å². The molecule has 0 radical (unpaired) electrons. The number of nitrogens with zero attached hydrogens (tertiary/aromatic N) is 3. The zero-order chi connectivity index (χ0) is 16.9. The average Bonchev–Trinajstić information content (AvgIpc) is 3.14. The molecule has 7 heteroatoms. The third-order valence-electron chi connectivity index (χ3n) is 4.09. The normalized spacial score (nSPS) is 17.5. The Morgan fingerprint density at radius 1 is 1.38 bits per heavy atom. The molecule has 1 aliphatic heterocycles. The first kappa shape index (κ1) is 16.0. The summed E-state index contributed by atoms with van der Waals surface area (Å²) in [5.41, 5.74) is 5.61. The first-order valence-corrected chi connectivity index (χ1v) is 7.91. The SMILES string of the molecule is NC(=O)COc1cccc(C(=O)N2CCC[C@@H](n3ccnc3)C2)c1. The summed E-state index contributed by atoms with van der Waals surface area (Å²) < 4.78 is 7.32. The van der Waals surface area contributed by atoms with Gasteiger partial charge in [0.15, 0.2) is 6.61 Å². The number of piperidine rings is 1. The van der Waals surface area contributed by atoms with E-state index in [1.165, 1.54) is 0 Å². The lowest BCUT2D eigenvalue weighted by atomic mass is 10.0. The summed E-state index contributed by atoms with van der Waals surface area (Å²) in [7, 11) is 0. The maximum atomic E-state index is 12.8. The lowest BCUT2D eigenvalue weighted by molar-refractivity contribution is -0.119. The van der Waals surface area contributed by atoms with E-state index in [0.29, 0.717) is 17.9 Å². The zero-order valence-electron chi connectivity index (χ0n) is 13.3. The molecular weight excluding hydrogens is 308 g/mol. The number of amides is 2. The van der Waals surface area contributed by atoms with Gasteiger partial charge in [-0.05, 0) is 31.0 Å². The van der Waals surface area contributed by atoms with Crippen molar-refractivity contribution in [3.63, 3.8) is 0 Å². The van der Waals surface area contributed by atoms with Crippen LogP contribution in [0.4, 0.5) is 0 Å². The molecule has 2 heterocycles. The van der Waals surface area contributed by atoms with Crippen molar-refractivity contribution in [1.82, 2.24) is 14.5 Å². The van der Waals surface area contributed by atoms with Crippen molar-refractivity contribution in [3.8, 4) is 5.75 Å². The molecule has 1 fully saturated rings. The van der Waals surface area contributed by atoms with E-state index in [9.17, 15) is 9.59 Å². The zero-order valence-corrected chi connectivity index (χ0v) is 13.3. The quantitative estimate of drug-likeness (QED) is 0.893. The summed E-state index contributed by atoms with van der Waals surface area (Å²) in [6.45, 7) is 1.18. The Morgan fingerprint density at radius 2 is 2.25 bits per heavy atom. The molecule has 2 amide bonds. The summed E-state index contributed by atoms with van der Waals surface area (Å²) in [6.07, 6.45) is 7.45. The number of benzene rings is 1. The van der Waals surface area contributed by atoms with Gasteiger partial charge in [0.05, 0.1) is 12.4 Å². The van der Waals surface area contributed by atoms with Crippen molar-refractivity contribution in [2.24, 2.45) is 5.73 Å². The van der Waals surface area contributed by atoms with Gasteiger partial charge in [0.1, 0.15) is 5.75 Å². The second kappa shape index (κ2) is 7.16. The predicted molar refractivity (Wildman–Crippen MR) is 87.5 cm³/mol. The molecule has 7 nitrogen and oxygen atoms in total. The van der Waals surface area contributed by atoms with Crippen LogP contribution in [0.1, 0.15) is 29.2 Å². The van der Waals surface area contributed by atoms with Crippen molar-refractivity contribution in [2.75, 3.05) is 19.7 Å². The number of nitrogens with two attached hydrogens (primary N) is 1. The molecule has 1 aromatic heterocycles. The van der Waals surface area contributed by atoms with E-state index in [2.05, 4.69) is 4.98 Å². The molecule has 1 aliphatic rings. The van der Waals surface area contributed by atoms with Crippen molar-refractivity contribution in [3.05, 3.63) is 48.5 Å². The molecule has 2 aromatic rings. The van der Waals surface area contributed by atoms with E-state index in [0.717, 1.165) is 19.4 Å². The molecule has 0 unspecified atom stereocenters. The molecule has 1 saturated heterocycles. The van der Waals surface area contributed by atoms with Crippen LogP contribution in [0.5, 0.6) is 5.75 Å². The molecular formula is C17H20N4O3. The van der Waals surface area contributed by atoms with Gasteiger partial charge in [0, 0.05) is 31.0 Å². The molecule has 0 spiro atoms. The highest BCUT2D eigenvalue weighted by molar-refractivity contribution is 5.94. The minimum absolute atomic E-state index is 0.0376. The molecule has 0 aliphatic carbocycles. The minimum atomic E-state index is -0.550. The summed E-state index contributed by atoms with van der Waals surface area (Å²) in [5, 5.41) is 0. The fraction of sp³-hybridized carbons (Fsp3) is 0.353. The number of rotatable bonds is 5. The molecule has 126 valence electrons. The largest absolute Gasteiger partial charge is 0.484 e. The number of carbonyl (C=O) groups excluding carboxylic acids is 2. The van der Waals surface area contributed by atoms with Crippen LogP contribution in [0, 0.1) is 0 Å². The summed E-state index contributed by atoms with van der Waals surface area (Å²) >= 11 is 0. The van der Waals surface area contributed by atoms with Crippen LogP contribution >= 0.6 is 0 Å². The topological polar surface area (TPSA) is 90.5 Å². The predicted octanol–water partition coefficient (Wildman–Crippen LogP) is 1.22. The Hall–Kier alpha value is -2.83. The Kier molecular flexibility index (Phi) is 4.79. The van der Waals surface area contributed by atoms with Crippen molar-refractivity contribution in [2.45, 2.75) is 18.9 Å². The highest BCUT2D eigenvalue weighted by Gasteiger charge is 2.25. The Labute approximate surface area is 140 Å². The maximum Gasteiger partial charge on any atom is 0.255 e. The number of imidazole rings is 1. The van der Waals surface area contributed by atoms with Gasteiger partial charge < -0.3 is 19.9 Å². The van der Waals surface area contributed by atoms with Crippen molar-refractivity contribution >= 4 is 11.8 Å². The van der Waals surface area contributed by atoms with E-state index >= 15 is 0 Å². The van der Waals surface area contributed by atoms with E-state index in [-0.39, 0.29) is 18.6 Å². The monoisotopic (exact) mass is 328 g/mol. The third-order valence-corrected chi connectivity index (χ3v) is 4.09. The van der Waals surface area contributed by atoms with Crippen LogP contribution in [-0.2, 0) is 4.79 Å². The third kappa shape index (κ3) is 3.73. The molecule has 1 atom stereocenters. The smallest absolute Gasteiger partial charge is 0.255 e. The molecule has 2 N–H and O–H groups in total. The van der Waals surface area contributed by atoms with Crippen LogP contribution in [0.15, 0.2) is 43.0 Å². The van der Waals surface area contributed by atoms with Crippen LogP contribution in [0.2, 0.25) is 0 Å². The molecule has 0 bridgehead atoms. The van der Waals surface area contributed by atoms with Gasteiger partial charge in [-0.2, -0.15) is 0 Å². The molecule has 1 aromatic carbocycles. The van der Waals surface area contributed by atoms with Crippen LogP contribution < -0.4 is 10.5 Å². The van der Waals surface area contributed by atoms with E-state index in [1.807, 2.05) is 15.7 Å². The molecule has 24 heavy (non-hydrogen) atoms. The lowest BCUT2D eigenvalue weighted by Crippen LogP contribution is -2.40. The van der Waals surface area contributed by atoms with Gasteiger partial charge in [-0.25, -0.2) is 4.98 Å². The summed E-state index contributed by atoms with van der Waals surface area (Å²) in [4.78, 5) is 29.5. The summed E-state index contributed by atoms with van der Waals surface area (Å²) in [5.74, 6) is -0.127. The van der Waals surface area contributed by atoms with E-state index in [1.54, 1.807) is 36.8 Å². The maximum absolute atomic E-state index is 12.8. The van der Waals surface area contributed by atoms with E-state index in [4.69, 9.17) is 10.5 Å². The van der Waals surface area contributed by atoms with Crippen LogP contribution in [-0.4, -0.2) is 46.0 Å². The van der Waals surface area contributed by atoms with Crippen LogP contribution in [0.3, 0.4) is 0 Å². The lowest BCUT2D eigenvalue weighted by Gasteiger charge is -2.33. The number of primary amides is 1. The standard InChI is InChI=1S/C17H20N4O3/c18-16(22)11-24-15-5-1-3-13(9-15)17(23)20-7-2-4-14(10-20)21-8-6-19-12-21/h1,3,5-6,8-9,12,14H,2,4,7,10-11H2,(H2,18,22)/t14-/m1/s1. The number of hydrogen-bond donors (Lipinski definition) is 1. The average molecular weight is 328 g/mol. The fourth-order valence-electron chi connectivity index (χ4n) is 2.92. The van der Waals surface area contributed by atoms with Crippen molar-refractivity contribution in [1.29, 1.82) is 0 Å². The fourth-order valence-corrected chi connectivity index (χ4v) is 2.92. The highest BCUT2D eigenvalue weighted by atomic mass is 16.5. The van der Waals surface area contributed by atoms with E-state index < -0.39 is 5.91 Å². The number of aromatic nitrogens is 2.